The van der Waals surface area contributed by atoms with Crippen molar-refractivity contribution in [2.75, 3.05) is 39.9 Å². The SMILES string of the molecule is CC(=O)O.CC1(C)OC(=O)C(=C(O)Cc2cc(F)c(F)cc2F)C(=O)O1.CC1(C)OC(=O)CC(=O)O1.CO.Cl.FC(F)(F)c1nnc2n1CCNC2.N.N/C(=C\C(=O)N1CCn2c(nnc2C(F)(F)F)C1)Cc1cc(F)c(F)cc1F.N[C@@H](CC(=O)N1CCn2c(nnc2C(F)(F)F)C1)Cc1cc(F)c(F)cc1F.O=C(CC(=O)N1CCn2c(nnc2C(F)(F)F)C1)Cc1cc(F)c(F)cc1F.OCCc1cc(F)c(F)cc1F. The molecule has 6 aliphatic rings. The Hall–Kier alpha value is -14.6. The molecule has 2 fully saturated rings. The normalized spacial score (nSPS) is 15.0. The standard InChI is InChI=1S/C16H15F6N5O.C16H13F6N5O.C16H12F6N4O2.C14H11F3O5.C8H7F3O.C6H7F3N4.C6H8O4.C2H4O2.CH4O.ClH.H3N/c2*17-10-6-12(19)11(18)4-8(10)3-9(23)5-14(28)26-1-2-27-13(7-26)24-25-15(27)16(20,21)22;17-10-6-12(19)11(18)4-8(10)3-9(27)5-14(28)25-1-2-26-13(7-25)23-24-15(26)16(20,21)22;1-14(2)21-12(19)11(13(20)22-14)10(18)4-6-3-8(16)9(17)5-7(6)15;9-6-4-8(11)7(10)3-5(6)1-2-12;7-6(8,9)5-12-11-4-3-10-1-2-13(4)5;1-6(2)9-4(7)3-5(8)10-6;1-2(3)4;1-2;;/h4,6,9H,1-3,5,7,23H2;4-6H,1-3,7,23H2;4,6H,1-3,5,7H2;3,5,18H,4H2,1-2H3;3-4,12H,1-2H2;10H,1-3H2;3H2,1-2H3;1H3,(H,3,4);2H,1H3;1H;1H3/b;9-5-;;;;;;;;;/t9-;;;;;;;;;;/m1........../s1. The third-order valence-electron chi connectivity index (χ3n) is 19.8. The number of Topliss-reactive ketones (excluding diaryl/α,β-unsaturated/α-hetero) is 1. The van der Waals surface area contributed by atoms with Crippen LogP contribution in [0.4, 0.5) is 119 Å². The predicted octanol–water partition coefficient (Wildman–Crippen LogP) is 11.2. The maximum atomic E-state index is 13.7. The lowest BCUT2D eigenvalue weighted by Gasteiger charge is -2.30. The number of nitrogens with zero attached hydrogens (tertiary/aromatic N) is 15. The van der Waals surface area contributed by atoms with Crippen molar-refractivity contribution in [3.8, 4) is 0 Å². The number of fused-ring (bicyclic) bond motifs is 4. The van der Waals surface area contributed by atoms with Crippen LogP contribution < -0.4 is 22.9 Å². The van der Waals surface area contributed by atoms with Crippen molar-refractivity contribution in [2.45, 2.75) is 181 Å². The smallest absolute Gasteiger partial charge is 0.451 e. The quantitative estimate of drug-likeness (QED) is 0.00899. The van der Waals surface area contributed by atoms with Crippen molar-refractivity contribution >= 4 is 65.8 Å². The van der Waals surface area contributed by atoms with E-state index in [1.807, 2.05) is 0 Å². The Kier molecular flexibility index (Phi) is 44.2. The molecule has 4 aromatic heterocycles. The van der Waals surface area contributed by atoms with Crippen molar-refractivity contribution in [3.63, 3.8) is 0 Å². The summed E-state index contributed by atoms with van der Waals surface area (Å²) in [5.41, 5.74) is 9.28. The molecule has 10 heterocycles. The van der Waals surface area contributed by atoms with Crippen LogP contribution >= 0.6 is 12.4 Å². The molecule has 1 atom stereocenters. The summed E-state index contributed by atoms with van der Waals surface area (Å²) in [5, 5.41) is 61.8. The van der Waals surface area contributed by atoms with Crippen LogP contribution in [0.3, 0.4) is 0 Å². The Balaban J connectivity index is 0.000000310. The number of aliphatic carboxylic acids is 1. The average Bonchev–Trinajstić information content (AvgIpc) is 1.66. The number of aliphatic hydroxyl groups is 3. The lowest BCUT2D eigenvalue weighted by Crippen LogP contribution is -2.42. The number of aromatic nitrogens is 12. The minimum atomic E-state index is -4.68. The number of hydrogen-bond acceptors (Lipinski definition) is 28. The number of esters is 4. The second kappa shape index (κ2) is 52.8. The van der Waals surface area contributed by atoms with Gasteiger partial charge in [0.05, 0.1) is 32.6 Å². The Morgan fingerprint density at radius 2 is 0.745 bits per heavy atom. The number of nitrogens with two attached hydrogens (primary N) is 2. The number of rotatable bonds is 15. The lowest BCUT2D eigenvalue weighted by atomic mass is 10.0. The molecular formula is C85H85ClF27N19O17. The number of cyclic esters (lactones) is 4. The Morgan fingerprint density at radius 3 is 1.12 bits per heavy atom. The molecule has 3 amide bonds. The summed E-state index contributed by atoms with van der Waals surface area (Å²) in [4.78, 5) is 106. The van der Waals surface area contributed by atoms with Crippen molar-refractivity contribution in [1.82, 2.24) is 85.2 Å². The van der Waals surface area contributed by atoms with Crippen LogP contribution in [-0.4, -0.2) is 205 Å². The fourth-order valence-corrected chi connectivity index (χ4v) is 13.4. The number of ketones is 1. The fourth-order valence-electron chi connectivity index (χ4n) is 13.4. The number of aliphatic hydroxyl groups excluding tert-OH is 3. The van der Waals surface area contributed by atoms with Crippen LogP contribution in [0.5, 0.6) is 0 Å². The number of alkyl halides is 12. The minimum absolute atomic E-state index is 0. The summed E-state index contributed by atoms with van der Waals surface area (Å²) >= 11 is 0. The fraction of sp³-hybridized carbons (Fsp3) is 0.400. The number of carbonyl (C=O) groups is 9. The molecule has 0 aliphatic carbocycles. The Labute approximate surface area is 826 Å². The number of carboxylic acids is 1. The van der Waals surface area contributed by atoms with Crippen molar-refractivity contribution in [2.24, 2.45) is 11.5 Å². The molecule has 0 spiro atoms. The number of carbonyl (C=O) groups excluding carboxylic acids is 8. The zero-order valence-corrected chi connectivity index (χ0v) is 78.4. The van der Waals surface area contributed by atoms with Crippen LogP contribution in [0.15, 0.2) is 83.8 Å². The van der Waals surface area contributed by atoms with E-state index < -0.39 is 248 Å². The molecule has 0 unspecified atom stereocenters. The highest BCUT2D eigenvalue weighted by Gasteiger charge is 2.46. The molecular weight excluding hydrogens is 2110 g/mol. The predicted molar refractivity (Wildman–Crippen MR) is 450 cm³/mol. The summed E-state index contributed by atoms with van der Waals surface area (Å²) in [6, 6.07) is 4.07. The van der Waals surface area contributed by atoms with Crippen LogP contribution in [0.2, 0.25) is 0 Å². The highest BCUT2D eigenvalue weighted by atomic mass is 35.5. The van der Waals surface area contributed by atoms with Gasteiger partial charge in [-0.05, 0) is 71.0 Å². The summed E-state index contributed by atoms with van der Waals surface area (Å²) in [5.74, 6) is -32.3. The van der Waals surface area contributed by atoms with Gasteiger partial charge in [-0.25, -0.2) is 75.4 Å². The van der Waals surface area contributed by atoms with Gasteiger partial charge < -0.3 is 95.3 Å². The molecule has 64 heteroatoms. The van der Waals surface area contributed by atoms with Crippen molar-refractivity contribution in [1.29, 1.82) is 0 Å². The summed E-state index contributed by atoms with van der Waals surface area (Å²) in [7, 11) is 1.00. The number of benzene rings is 5. The maximum absolute atomic E-state index is 13.7. The largest absolute Gasteiger partial charge is 0.511 e. The van der Waals surface area contributed by atoms with Crippen LogP contribution in [0.25, 0.3) is 0 Å². The third kappa shape index (κ3) is 35.6. The first-order valence-corrected chi connectivity index (χ1v) is 41.8. The molecule has 2 saturated heterocycles. The van der Waals surface area contributed by atoms with E-state index in [9.17, 15) is 162 Å². The first-order valence-electron chi connectivity index (χ1n) is 41.8. The number of ether oxygens (including phenoxy) is 4. The van der Waals surface area contributed by atoms with Gasteiger partial charge in [0, 0.05) is 175 Å². The molecule has 818 valence electrons. The van der Waals surface area contributed by atoms with Gasteiger partial charge in [-0.15, -0.1) is 53.2 Å². The Bertz CT molecular complexity index is 6350. The average molecular weight is 2190 g/mol. The molecule has 12 N–H and O–H groups in total. The minimum Gasteiger partial charge on any atom is -0.511 e. The monoisotopic (exact) mass is 2190 g/mol. The number of amides is 3. The van der Waals surface area contributed by atoms with Crippen LogP contribution in [0.1, 0.15) is 128 Å². The van der Waals surface area contributed by atoms with Crippen molar-refractivity contribution in [3.05, 3.63) is 245 Å². The van der Waals surface area contributed by atoms with Gasteiger partial charge in [-0.3, -0.25) is 33.6 Å². The summed E-state index contributed by atoms with van der Waals surface area (Å²) < 4.78 is 371. The van der Waals surface area contributed by atoms with E-state index in [2.05, 4.69) is 55.6 Å². The number of carboxylic acid groups (broad SMARTS) is 1. The molecule has 5 aromatic carbocycles. The molecule has 15 rings (SSSR count). The van der Waals surface area contributed by atoms with Gasteiger partial charge in [0.2, 0.25) is 41.0 Å². The first-order chi connectivity index (χ1) is 68.2. The number of allylic oxidation sites excluding steroid dienone is 2. The van der Waals surface area contributed by atoms with Gasteiger partial charge >= 0.3 is 48.6 Å². The zero-order chi connectivity index (χ0) is 111. The van der Waals surface area contributed by atoms with Crippen LogP contribution in [-0.2, 0) is 171 Å². The zero-order valence-electron chi connectivity index (χ0n) is 77.6. The van der Waals surface area contributed by atoms with Gasteiger partial charge in [0.1, 0.15) is 52.9 Å². The number of halogens is 28. The lowest BCUT2D eigenvalue weighted by molar-refractivity contribution is -0.231. The van der Waals surface area contributed by atoms with E-state index in [0.29, 0.717) is 73.5 Å². The molecule has 0 saturated carbocycles. The van der Waals surface area contributed by atoms with Crippen LogP contribution in [0, 0.1) is 87.3 Å². The highest BCUT2D eigenvalue weighted by molar-refractivity contribution is 6.15. The second-order valence-electron chi connectivity index (χ2n) is 31.9. The second-order valence-corrected chi connectivity index (χ2v) is 31.9. The number of hydrogen-bond donors (Lipinski definition) is 8. The topological polar surface area (TPSA) is 503 Å². The van der Waals surface area contributed by atoms with E-state index in [1.54, 1.807) is 0 Å². The summed E-state index contributed by atoms with van der Waals surface area (Å²) in [6.45, 7) is 6.31. The van der Waals surface area contributed by atoms with E-state index >= 15 is 0 Å². The van der Waals surface area contributed by atoms with E-state index in [0.717, 1.165) is 49.3 Å². The molecule has 9 aromatic rings. The molecule has 0 radical (unpaired) electrons. The van der Waals surface area contributed by atoms with E-state index in [1.165, 1.54) is 37.5 Å². The van der Waals surface area contributed by atoms with Gasteiger partial charge in [0.15, 0.2) is 81.2 Å². The van der Waals surface area contributed by atoms with E-state index in [-0.39, 0.29) is 163 Å². The third-order valence-corrected chi connectivity index (χ3v) is 19.8. The molecule has 0 bridgehead atoms. The van der Waals surface area contributed by atoms with Gasteiger partial charge in [-0.1, -0.05) is 0 Å². The molecule has 6 aliphatic heterocycles. The van der Waals surface area contributed by atoms with Crippen molar-refractivity contribution < 1.29 is 201 Å². The van der Waals surface area contributed by atoms with Gasteiger partial charge in [0.25, 0.3) is 17.5 Å². The maximum Gasteiger partial charge on any atom is 0.451 e. The molecule has 149 heavy (non-hydrogen) atoms. The first kappa shape index (κ1) is 125. The number of nitrogens with one attached hydrogen (secondary N) is 1. The van der Waals surface area contributed by atoms with Gasteiger partial charge in [-0.2, -0.15) is 52.7 Å². The highest BCUT2D eigenvalue weighted by Crippen LogP contribution is 2.36. The van der Waals surface area contributed by atoms with E-state index in [4.69, 9.17) is 41.1 Å². The molecule has 36 nitrogen and oxygen atoms in total. The Morgan fingerprint density at radius 1 is 0.436 bits per heavy atom. The summed E-state index contributed by atoms with van der Waals surface area (Å²) in [6.07, 6.45) is -20.5.